The van der Waals surface area contributed by atoms with Crippen molar-refractivity contribution in [3.05, 3.63) is 10.4 Å². The Labute approximate surface area is 88.0 Å². The molecule has 7 nitrogen and oxygen atoms in total. The Hall–Kier alpha value is -1.30. The predicted octanol–water partition coefficient (Wildman–Crippen LogP) is 0.622. The van der Waals surface area contributed by atoms with E-state index < -0.39 is 12.0 Å². The third kappa shape index (κ3) is 5.90. The SMILES string of the molecule is COCC(C)C(NCCN=[N+]=[N-])C(=O)O. The Morgan fingerprint density at radius 2 is 2.40 bits per heavy atom. The number of azide groups is 1. The van der Waals surface area contributed by atoms with Gasteiger partial charge >= 0.3 is 5.97 Å². The van der Waals surface area contributed by atoms with Crippen molar-refractivity contribution in [3.8, 4) is 0 Å². The largest absolute Gasteiger partial charge is 0.480 e. The van der Waals surface area contributed by atoms with E-state index in [0.29, 0.717) is 13.2 Å². The van der Waals surface area contributed by atoms with Gasteiger partial charge in [0.15, 0.2) is 0 Å². The van der Waals surface area contributed by atoms with Crippen LogP contribution in [0.4, 0.5) is 0 Å². The molecule has 2 N–H and O–H groups in total. The second-order valence-corrected chi connectivity index (χ2v) is 3.16. The molecule has 0 heterocycles. The minimum Gasteiger partial charge on any atom is -0.480 e. The molecule has 0 radical (unpaired) electrons. The first-order valence-corrected chi connectivity index (χ1v) is 4.59. The molecule has 0 saturated heterocycles. The van der Waals surface area contributed by atoms with Crippen LogP contribution in [0.2, 0.25) is 0 Å². The number of ether oxygens (including phenoxy) is 1. The summed E-state index contributed by atoms with van der Waals surface area (Å²) in [5.41, 5.74) is 8.03. The van der Waals surface area contributed by atoms with Gasteiger partial charge in [-0.2, -0.15) is 0 Å². The molecule has 0 amide bonds. The molecule has 0 aromatic heterocycles. The van der Waals surface area contributed by atoms with E-state index in [2.05, 4.69) is 15.3 Å². The van der Waals surface area contributed by atoms with Crippen molar-refractivity contribution < 1.29 is 14.6 Å². The molecular formula is C8H16N4O3. The fourth-order valence-electron chi connectivity index (χ4n) is 1.21. The highest BCUT2D eigenvalue weighted by Crippen LogP contribution is 2.03. The van der Waals surface area contributed by atoms with Crippen LogP contribution < -0.4 is 5.32 Å². The van der Waals surface area contributed by atoms with Crippen LogP contribution in [0.25, 0.3) is 10.4 Å². The standard InChI is InChI=1S/C8H16N4O3/c1-6(5-15-2)7(8(13)14)10-3-4-11-12-9/h6-7,10H,3-5H2,1-2H3,(H,13,14). The quantitative estimate of drug-likeness (QED) is 0.268. The highest BCUT2D eigenvalue weighted by Gasteiger charge is 2.23. The number of hydrogen-bond donors (Lipinski definition) is 2. The van der Waals surface area contributed by atoms with Gasteiger partial charge in [0.1, 0.15) is 6.04 Å². The van der Waals surface area contributed by atoms with Crippen LogP contribution in [0.3, 0.4) is 0 Å². The molecule has 2 atom stereocenters. The second kappa shape index (κ2) is 8.05. The van der Waals surface area contributed by atoms with Gasteiger partial charge in [-0.25, -0.2) is 0 Å². The number of rotatable bonds is 8. The summed E-state index contributed by atoms with van der Waals surface area (Å²) in [4.78, 5) is 13.4. The molecule has 0 aromatic carbocycles. The van der Waals surface area contributed by atoms with Gasteiger partial charge in [-0.05, 0) is 5.53 Å². The van der Waals surface area contributed by atoms with E-state index in [0.717, 1.165) is 0 Å². The molecule has 0 aliphatic carbocycles. The zero-order valence-electron chi connectivity index (χ0n) is 8.88. The summed E-state index contributed by atoms with van der Waals surface area (Å²) in [6.45, 7) is 2.73. The van der Waals surface area contributed by atoms with E-state index in [9.17, 15) is 4.79 Å². The normalized spacial score (nSPS) is 14.0. The van der Waals surface area contributed by atoms with Crippen molar-refractivity contribution in [3.63, 3.8) is 0 Å². The smallest absolute Gasteiger partial charge is 0.321 e. The molecule has 0 fully saturated rings. The number of methoxy groups -OCH3 is 1. The van der Waals surface area contributed by atoms with Crippen LogP contribution in [0.15, 0.2) is 5.11 Å². The highest BCUT2D eigenvalue weighted by atomic mass is 16.5. The van der Waals surface area contributed by atoms with E-state index in [4.69, 9.17) is 15.4 Å². The fraction of sp³-hybridized carbons (Fsp3) is 0.875. The maximum atomic E-state index is 10.9. The van der Waals surface area contributed by atoms with Crippen molar-refractivity contribution in [1.29, 1.82) is 0 Å². The lowest BCUT2D eigenvalue weighted by molar-refractivity contribution is -0.141. The molecule has 0 aromatic rings. The number of hydrogen-bond acceptors (Lipinski definition) is 4. The van der Waals surface area contributed by atoms with E-state index in [1.165, 1.54) is 7.11 Å². The molecule has 2 unspecified atom stereocenters. The summed E-state index contributed by atoms with van der Waals surface area (Å²) >= 11 is 0. The third-order valence-corrected chi connectivity index (χ3v) is 1.90. The Morgan fingerprint density at radius 1 is 1.73 bits per heavy atom. The minimum absolute atomic E-state index is 0.140. The maximum Gasteiger partial charge on any atom is 0.321 e. The summed E-state index contributed by atoms with van der Waals surface area (Å²) in [6, 6.07) is -0.682. The van der Waals surface area contributed by atoms with Crippen molar-refractivity contribution in [2.75, 3.05) is 26.8 Å². The Balaban J connectivity index is 4.03. The van der Waals surface area contributed by atoms with Crippen LogP contribution in [-0.2, 0) is 9.53 Å². The van der Waals surface area contributed by atoms with Crippen LogP contribution in [0.5, 0.6) is 0 Å². The average molecular weight is 216 g/mol. The van der Waals surface area contributed by atoms with E-state index in [1.807, 2.05) is 0 Å². The summed E-state index contributed by atoms with van der Waals surface area (Å²) in [5.74, 6) is -1.07. The van der Waals surface area contributed by atoms with Crippen molar-refractivity contribution >= 4 is 5.97 Å². The Bertz CT molecular complexity index is 240. The third-order valence-electron chi connectivity index (χ3n) is 1.90. The fourth-order valence-corrected chi connectivity index (χ4v) is 1.21. The molecule has 0 rings (SSSR count). The van der Waals surface area contributed by atoms with Gasteiger partial charge in [0.05, 0.1) is 6.61 Å². The molecule has 86 valence electrons. The second-order valence-electron chi connectivity index (χ2n) is 3.16. The number of carboxylic acids is 1. The summed E-state index contributed by atoms with van der Waals surface area (Å²) in [5, 5.41) is 15.0. The molecule has 0 bridgehead atoms. The molecule has 7 heteroatoms. The van der Waals surface area contributed by atoms with Gasteiger partial charge < -0.3 is 15.2 Å². The van der Waals surface area contributed by atoms with E-state index in [1.54, 1.807) is 6.92 Å². The summed E-state index contributed by atoms with van der Waals surface area (Å²) in [7, 11) is 1.52. The molecule has 0 spiro atoms. The summed E-state index contributed by atoms with van der Waals surface area (Å²) < 4.78 is 4.88. The van der Waals surface area contributed by atoms with Crippen LogP contribution >= 0.6 is 0 Å². The van der Waals surface area contributed by atoms with Crippen molar-refractivity contribution in [2.45, 2.75) is 13.0 Å². The number of nitrogens with zero attached hydrogens (tertiary/aromatic N) is 3. The van der Waals surface area contributed by atoms with Crippen molar-refractivity contribution in [1.82, 2.24) is 5.32 Å². The lowest BCUT2D eigenvalue weighted by Gasteiger charge is -2.20. The van der Waals surface area contributed by atoms with Crippen LogP contribution in [0, 0.1) is 5.92 Å². The first-order chi connectivity index (χ1) is 7.13. The number of nitrogens with one attached hydrogen (secondary N) is 1. The molecular weight excluding hydrogens is 200 g/mol. The highest BCUT2D eigenvalue weighted by molar-refractivity contribution is 5.73. The van der Waals surface area contributed by atoms with Crippen LogP contribution in [0.1, 0.15) is 6.92 Å². The van der Waals surface area contributed by atoms with E-state index in [-0.39, 0.29) is 12.5 Å². The van der Waals surface area contributed by atoms with Gasteiger partial charge in [0, 0.05) is 31.0 Å². The predicted molar refractivity (Wildman–Crippen MR) is 54.5 cm³/mol. The minimum atomic E-state index is -0.930. The topological polar surface area (TPSA) is 107 Å². The molecule has 0 saturated carbocycles. The monoisotopic (exact) mass is 216 g/mol. The first kappa shape index (κ1) is 13.7. The molecule has 0 aliphatic rings. The maximum absolute atomic E-state index is 10.9. The number of carbonyl (C=O) groups is 1. The zero-order valence-corrected chi connectivity index (χ0v) is 8.88. The van der Waals surface area contributed by atoms with Gasteiger partial charge in [-0.1, -0.05) is 12.0 Å². The Kier molecular flexibility index (Phi) is 7.35. The lowest BCUT2D eigenvalue weighted by Crippen LogP contribution is -2.44. The first-order valence-electron chi connectivity index (χ1n) is 4.59. The van der Waals surface area contributed by atoms with Gasteiger partial charge in [0.2, 0.25) is 0 Å². The van der Waals surface area contributed by atoms with Crippen LogP contribution in [-0.4, -0.2) is 43.9 Å². The number of aliphatic carboxylic acids is 1. The van der Waals surface area contributed by atoms with Crippen molar-refractivity contribution in [2.24, 2.45) is 11.0 Å². The van der Waals surface area contributed by atoms with Gasteiger partial charge in [-0.3, -0.25) is 4.79 Å². The molecule has 15 heavy (non-hydrogen) atoms. The summed E-state index contributed by atoms with van der Waals surface area (Å²) in [6.07, 6.45) is 0. The number of carboxylic acid groups (broad SMARTS) is 1. The van der Waals surface area contributed by atoms with Gasteiger partial charge in [0.25, 0.3) is 0 Å². The Morgan fingerprint density at radius 3 is 2.87 bits per heavy atom. The lowest BCUT2D eigenvalue weighted by atomic mass is 10.0. The van der Waals surface area contributed by atoms with Gasteiger partial charge in [-0.15, -0.1) is 0 Å². The van der Waals surface area contributed by atoms with E-state index >= 15 is 0 Å². The average Bonchev–Trinajstić information content (AvgIpc) is 2.17. The zero-order chi connectivity index (χ0) is 11.7. The molecule has 0 aliphatic heterocycles.